The lowest BCUT2D eigenvalue weighted by atomic mass is 9.98. The zero-order valence-electron chi connectivity index (χ0n) is 16.3. The first-order valence-corrected chi connectivity index (χ1v) is 9.47. The zero-order chi connectivity index (χ0) is 20.5. The number of hydrogen-bond acceptors (Lipinski definition) is 2. The molecule has 3 aromatic carbocycles. The van der Waals surface area contributed by atoms with Gasteiger partial charge in [0.1, 0.15) is 18.4 Å². The molecule has 0 spiro atoms. The Morgan fingerprint density at radius 3 is 2.24 bits per heavy atom. The van der Waals surface area contributed by atoms with Gasteiger partial charge in [0.05, 0.1) is 5.69 Å². The lowest BCUT2D eigenvalue weighted by Gasteiger charge is -2.41. The zero-order valence-corrected chi connectivity index (χ0v) is 16.3. The fourth-order valence-electron chi connectivity index (χ4n) is 3.84. The highest BCUT2D eigenvalue weighted by Crippen LogP contribution is 2.36. The molecule has 1 aliphatic rings. The van der Waals surface area contributed by atoms with E-state index >= 15 is 0 Å². The number of hydrogen-bond donors (Lipinski definition) is 0. The van der Waals surface area contributed by atoms with E-state index in [-0.39, 0.29) is 24.0 Å². The number of aryl methyl sites for hydroxylation is 2. The molecule has 1 atom stereocenters. The maximum atomic E-state index is 14.4. The summed E-state index contributed by atoms with van der Waals surface area (Å²) in [4.78, 5) is 29.6. The number of para-hydroxylation sites is 1. The Hall–Kier alpha value is -3.47. The predicted octanol–water partition coefficient (Wildman–Crippen LogP) is 4.56. The Balaban J connectivity index is 1.85. The van der Waals surface area contributed by atoms with Gasteiger partial charge < -0.3 is 0 Å². The van der Waals surface area contributed by atoms with Gasteiger partial charge >= 0.3 is 0 Å². The van der Waals surface area contributed by atoms with Crippen molar-refractivity contribution in [2.24, 2.45) is 0 Å². The molecule has 0 saturated carbocycles. The van der Waals surface area contributed by atoms with Crippen molar-refractivity contribution in [1.82, 2.24) is 0 Å². The van der Waals surface area contributed by atoms with E-state index in [0.717, 1.165) is 11.1 Å². The summed E-state index contributed by atoms with van der Waals surface area (Å²) in [6.07, 6.45) is 0. The van der Waals surface area contributed by atoms with Gasteiger partial charge in [-0.3, -0.25) is 19.4 Å². The Kier molecular flexibility index (Phi) is 4.89. The van der Waals surface area contributed by atoms with Crippen LogP contribution in [0.5, 0.6) is 0 Å². The average molecular weight is 388 g/mol. The van der Waals surface area contributed by atoms with Gasteiger partial charge in [0.2, 0.25) is 5.91 Å². The summed E-state index contributed by atoms with van der Waals surface area (Å²) in [5, 5.41) is 0. The van der Waals surface area contributed by atoms with E-state index in [4.69, 9.17) is 0 Å². The number of anilines is 2. The summed E-state index contributed by atoms with van der Waals surface area (Å²) in [6.45, 7) is 3.69. The fraction of sp³-hybridized carbons (Fsp3) is 0.167. The first-order chi connectivity index (χ1) is 14.0. The Bertz CT molecular complexity index is 1080. The fourth-order valence-corrected chi connectivity index (χ4v) is 3.84. The van der Waals surface area contributed by atoms with E-state index in [2.05, 4.69) is 0 Å². The molecule has 5 heteroatoms. The highest BCUT2D eigenvalue weighted by atomic mass is 19.1. The molecule has 3 aromatic rings. The SMILES string of the molecule is Cc1ccc(N2C(=O)CN(c3ccccc3F)C(=O)[C@H]2c2ccccc2)c(C)c1. The molecule has 0 unspecified atom stereocenters. The molecule has 1 heterocycles. The van der Waals surface area contributed by atoms with Gasteiger partial charge in [-0.05, 0) is 43.2 Å². The number of halogens is 1. The minimum absolute atomic E-state index is 0.118. The van der Waals surface area contributed by atoms with E-state index < -0.39 is 11.9 Å². The number of amides is 2. The average Bonchev–Trinajstić information content (AvgIpc) is 2.71. The quantitative estimate of drug-likeness (QED) is 0.660. The second-order valence-electron chi connectivity index (χ2n) is 7.24. The summed E-state index contributed by atoms with van der Waals surface area (Å²) in [6, 6.07) is 20.1. The first-order valence-electron chi connectivity index (χ1n) is 9.47. The second kappa shape index (κ2) is 7.51. The van der Waals surface area contributed by atoms with Gasteiger partial charge in [0.25, 0.3) is 5.91 Å². The molecule has 1 saturated heterocycles. The third-order valence-electron chi connectivity index (χ3n) is 5.19. The summed E-state index contributed by atoms with van der Waals surface area (Å²) in [5.74, 6) is -1.12. The van der Waals surface area contributed by atoms with Crippen LogP contribution in [0.15, 0.2) is 72.8 Å². The summed E-state index contributed by atoms with van der Waals surface area (Å²) < 4.78 is 14.4. The van der Waals surface area contributed by atoms with Gasteiger partial charge in [-0.1, -0.05) is 60.2 Å². The van der Waals surface area contributed by atoms with Crippen molar-refractivity contribution in [2.45, 2.75) is 19.9 Å². The standard InChI is InChI=1S/C24H21FN2O2/c1-16-12-13-20(17(2)14-16)27-22(28)15-26(21-11-7-6-10-19(21)25)24(29)23(27)18-8-4-3-5-9-18/h3-14,23H,15H2,1-2H3/t23-/m1/s1. The smallest absolute Gasteiger partial charge is 0.255 e. The van der Waals surface area contributed by atoms with Crippen LogP contribution in [0.4, 0.5) is 15.8 Å². The van der Waals surface area contributed by atoms with Crippen molar-refractivity contribution in [3.8, 4) is 0 Å². The van der Waals surface area contributed by atoms with E-state index in [1.807, 2.05) is 62.4 Å². The molecule has 0 N–H and O–H groups in total. The normalized spacial score (nSPS) is 17.0. The third-order valence-corrected chi connectivity index (χ3v) is 5.19. The minimum atomic E-state index is -0.863. The highest BCUT2D eigenvalue weighted by Gasteiger charge is 2.42. The molecular formula is C24H21FN2O2. The molecule has 0 radical (unpaired) electrons. The van der Waals surface area contributed by atoms with Gasteiger partial charge in [0.15, 0.2) is 0 Å². The van der Waals surface area contributed by atoms with Crippen molar-refractivity contribution in [1.29, 1.82) is 0 Å². The van der Waals surface area contributed by atoms with Gasteiger partial charge in [-0.25, -0.2) is 4.39 Å². The van der Waals surface area contributed by atoms with E-state index in [1.54, 1.807) is 17.0 Å². The molecule has 1 aliphatic heterocycles. The molecule has 0 aromatic heterocycles. The topological polar surface area (TPSA) is 40.6 Å². The number of rotatable bonds is 3. The Morgan fingerprint density at radius 2 is 1.55 bits per heavy atom. The molecule has 2 amide bonds. The van der Waals surface area contributed by atoms with E-state index in [1.165, 1.54) is 17.0 Å². The molecule has 4 rings (SSSR count). The van der Waals surface area contributed by atoms with Crippen molar-refractivity contribution in [2.75, 3.05) is 16.3 Å². The molecule has 0 aliphatic carbocycles. The third kappa shape index (κ3) is 3.40. The lowest BCUT2D eigenvalue weighted by Crippen LogP contribution is -2.56. The van der Waals surface area contributed by atoms with E-state index in [0.29, 0.717) is 11.3 Å². The maximum absolute atomic E-state index is 14.4. The molecule has 29 heavy (non-hydrogen) atoms. The van der Waals surface area contributed by atoms with Crippen LogP contribution in [0.3, 0.4) is 0 Å². The molecule has 4 nitrogen and oxygen atoms in total. The largest absolute Gasteiger partial charge is 0.298 e. The van der Waals surface area contributed by atoms with Crippen LogP contribution >= 0.6 is 0 Å². The van der Waals surface area contributed by atoms with Crippen LogP contribution in [0.1, 0.15) is 22.7 Å². The number of carbonyl (C=O) groups is 2. The minimum Gasteiger partial charge on any atom is -0.298 e. The molecular weight excluding hydrogens is 367 g/mol. The molecule has 1 fully saturated rings. The van der Waals surface area contributed by atoms with Crippen LogP contribution in [0, 0.1) is 19.7 Å². The summed E-state index contributed by atoms with van der Waals surface area (Å²) >= 11 is 0. The highest BCUT2D eigenvalue weighted by molar-refractivity contribution is 6.14. The van der Waals surface area contributed by atoms with Crippen LogP contribution < -0.4 is 9.80 Å². The van der Waals surface area contributed by atoms with Gasteiger partial charge in [-0.2, -0.15) is 0 Å². The summed E-state index contributed by atoms with van der Waals surface area (Å²) in [5.41, 5.74) is 3.48. The predicted molar refractivity (Wildman–Crippen MR) is 111 cm³/mol. The molecule has 0 bridgehead atoms. The van der Waals surface area contributed by atoms with E-state index in [9.17, 15) is 14.0 Å². The monoisotopic (exact) mass is 388 g/mol. The maximum Gasteiger partial charge on any atom is 0.255 e. The summed E-state index contributed by atoms with van der Waals surface area (Å²) in [7, 11) is 0. The second-order valence-corrected chi connectivity index (χ2v) is 7.24. The van der Waals surface area contributed by atoms with Gasteiger partial charge in [0, 0.05) is 5.69 Å². The van der Waals surface area contributed by atoms with Crippen LogP contribution in [-0.4, -0.2) is 18.4 Å². The molecule has 146 valence electrons. The van der Waals surface area contributed by atoms with Crippen LogP contribution in [-0.2, 0) is 9.59 Å². The van der Waals surface area contributed by atoms with Crippen molar-refractivity contribution >= 4 is 23.2 Å². The van der Waals surface area contributed by atoms with Crippen LogP contribution in [0.2, 0.25) is 0 Å². The number of nitrogens with zero attached hydrogens (tertiary/aromatic N) is 2. The number of carbonyl (C=O) groups excluding carboxylic acids is 2. The lowest BCUT2D eigenvalue weighted by molar-refractivity contribution is -0.128. The van der Waals surface area contributed by atoms with Crippen molar-refractivity contribution in [3.63, 3.8) is 0 Å². The number of benzene rings is 3. The van der Waals surface area contributed by atoms with Crippen LogP contribution in [0.25, 0.3) is 0 Å². The van der Waals surface area contributed by atoms with Gasteiger partial charge in [-0.15, -0.1) is 0 Å². The van der Waals surface area contributed by atoms with Crippen molar-refractivity contribution < 1.29 is 14.0 Å². The Labute approximate surface area is 169 Å². The number of piperazine rings is 1. The first kappa shape index (κ1) is 18.9. The van der Waals surface area contributed by atoms with Crippen molar-refractivity contribution in [3.05, 3.63) is 95.3 Å². The Morgan fingerprint density at radius 1 is 0.862 bits per heavy atom.